The highest BCUT2D eigenvalue weighted by atomic mass is 16.5. The van der Waals surface area contributed by atoms with Crippen LogP contribution in [0.1, 0.15) is 31.4 Å². The van der Waals surface area contributed by atoms with Gasteiger partial charge >= 0.3 is 0 Å². The van der Waals surface area contributed by atoms with E-state index in [0.717, 1.165) is 31.6 Å². The second kappa shape index (κ2) is 4.61. The molecule has 4 nitrogen and oxygen atoms in total. The molecular weight excluding hydrogens is 228 g/mol. The first-order valence-corrected chi connectivity index (χ1v) is 6.71. The summed E-state index contributed by atoms with van der Waals surface area (Å²) in [5, 5.41) is 14.2. The van der Waals surface area contributed by atoms with Crippen LogP contribution >= 0.6 is 0 Å². The average molecular weight is 248 g/mol. The summed E-state index contributed by atoms with van der Waals surface area (Å²) in [5.74, 6) is 0. The number of hydrogen-bond donors (Lipinski definition) is 2. The zero-order chi connectivity index (χ0) is 12.5. The summed E-state index contributed by atoms with van der Waals surface area (Å²) in [6.07, 6.45) is 5.00. The fourth-order valence-electron chi connectivity index (χ4n) is 3.17. The molecule has 0 amide bonds. The number of pyridine rings is 1. The lowest BCUT2D eigenvalue weighted by molar-refractivity contribution is -0.175. The second-order valence-corrected chi connectivity index (χ2v) is 5.45. The minimum atomic E-state index is -0.823. The Kier molecular flexibility index (Phi) is 3.09. The van der Waals surface area contributed by atoms with Crippen molar-refractivity contribution in [1.82, 2.24) is 10.3 Å². The van der Waals surface area contributed by atoms with Crippen LogP contribution in [0.15, 0.2) is 24.4 Å². The molecule has 1 atom stereocenters. The Morgan fingerprint density at radius 1 is 1.22 bits per heavy atom. The molecule has 1 aromatic rings. The summed E-state index contributed by atoms with van der Waals surface area (Å²) in [7, 11) is 0. The molecule has 3 rings (SSSR count). The molecular formula is C14H20N2O2. The highest BCUT2D eigenvalue weighted by molar-refractivity contribution is 5.16. The van der Waals surface area contributed by atoms with Crippen LogP contribution in [0.4, 0.5) is 0 Å². The van der Waals surface area contributed by atoms with Crippen molar-refractivity contribution in [1.29, 1.82) is 0 Å². The van der Waals surface area contributed by atoms with Crippen molar-refractivity contribution < 1.29 is 9.84 Å². The lowest BCUT2D eigenvalue weighted by atomic mass is 9.76. The third-order valence-corrected chi connectivity index (χ3v) is 4.19. The van der Waals surface area contributed by atoms with Crippen LogP contribution in [0.3, 0.4) is 0 Å². The number of aliphatic hydroxyl groups is 1. The predicted octanol–water partition coefficient (Wildman–Crippen LogP) is 1.20. The maximum atomic E-state index is 10.9. The third kappa shape index (κ3) is 2.16. The summed E-state index contributed by atoms with van der Waals surface area (Å²) in [4.78, 5) is 4.33. The van der Waals surface area contributed by atoms with Crippen molar-refractivity contribution >= 4 is 0 Å². The predicted molar refractivity (Wildman–Crippen MR) is 68.2 cm³/mol. The first kappa shape index (κ1) is 12.1. The Balaban J connectivity index is 1.84. The quantitative estimate of drug-likeness (QED) is 0.784. The lowest BCUT2D eigenvalue weighted by Gasteiger charge is -2.47. The van der Waals surface area contributed by atoms with Crippen molar-refractivity contribution in [3.63, 3.8) is 0 Å². The molecule has 4 heteroatoms. The van der Waals surface area contributed by atoms with Gasteiger partial charge in [-0.2, -0.15) is 0 Å². The number of nitrogens with zero attached hydrogens (tertiary/aromatic N) is 1. The van der Waals surface area contributed by atoms with Crippen LogP contribution in [-0.4, -0.2) is 35.4 Å². The fraction of sp³-hybridized carbons (Fsp3) is 0.643. The molecule has 2 aliphatic rings. The molecule has 2 fully saturated rings. The van der Waals surface area contributed by atoms with Crippen LogP contribution in [0, 0.1) is 0 Å². The van der Waals surface area contributed by atoms with E-state index >= 15 is 0 Å². The maximum absolute atomic E-state index is 10.9. The zero-order valence-electron chi connectivity index (χ0n) is 10.6. The van der Waals surface area contributed by atoms with E-state index in [9.17, 15) is 5.11 Å². The summed E-state index contributed by atoms with van der Waals surface area (Å²) < 4.78 is 6.00. The molecule has 1 spiro atoms. The van der Waals surface area contributed by atoms with Crippen LogP contribution in [-0.2, 0) is 10.3 Å². The minimum Gasteiger partial charge on any atom is -0.383 e. The van der Waals surface area contributed by atoms with Gasteiger partial charge in [0.25, 0.3) is 0 Å². The van der Waals surface area contributed by atoms with Gasteiger partial charge in [0, 0.05) is 19.0 Å². The molecule has 2 aliphatic heterocycles. The monoisotopic (exact) mass is 248 g/mol. The van der Waals surface area contributed by atoms with E-state index in [0.29, 0.717) is 19.4 Å². The standard InChI is InChI=1S/C14H20N2O2/c17-14(12-3-1-2-7-16-12)6-10-18-13(11-14)4-8-15-9-5-13/h1-3,7,15,17H,4-6,8-11H2. The fourth-order valence-corrected chi connectivity index (χ4v) is 3.17. The molecule has 0 aromatic carbocycles. The molecule has 18 heavy (non-hydrogen) atoms. The van der Waals surface area contributed by atoms with Gasteiger partial charge in [0.1, 0.15) is 5.60 Å². The van der Waals surface area contributed by atoms with E-state index in [-0.39, 0.29) is 5.60 Å². The first-order chi connectivity index (χ1) is 8.73. The van der Waals surface area contributed by atoms with Crippen molar-refractivity contribution in [2.75, 3.05) is 19.7 Å². The molecule has 2 N–H and O–H groups in total. The number of ether oxygens (including phenoxy) is 1. The SMILES string of the molecule is OC1(c2ccccn2)CCOC2(CCNCC2)C1. The van der Waals surface area contributed by atoms with Gasteiger partial charge < -0.3 is 15.2 Å². The Morgan fingerprint density at radius 2 is 2.06 bits per heavy atom. The summed E-state index contributed by atoms with van der Waals surface area (Å²) in [6.45, 7) is 2.56. The first-order valence-electron chi connectivity index (χ1n) is 6.71. The van der Waals surface area contributed by atoms with Crippen molar-refractivity contribution in [3.8, 4) is 0 Å². The molecule has 0 aliphatic carbocycles. The van der Waals surface area contributed by atoms with Crippen molar-refractivity contribution in [3.05, 3.63) is 30.1 Å². The highest BCUT2D eigenvalue weighted by Crippen LogP contribution is 2.42. The summed E-state index contributed by atoms with van der Waals surface area (Å²) in [6, 6.07) is 5.73. The largest absolute Gasteiger partial charge is 0.383 e. The number of rotatable bonds is 1. The van der Waals surface area contributed by atoms with E-state index in [4.69, 9.17) is 4.74 Å². The topological polar surface area (TPSA) is 54.4 Å². The molecule has 1 aromatic heterocycles. The van der Waals surface area contributed by atoms with Crippen LogP contribution < -0.4 is 5.32 Å². The summed E-state index contributed by atoms with van der Waals surface area (Å²) >= 11 is 0. The van der Waals surface area contributed by atoms with Gasteiger partial charge in [-0.05, 0) is 38.1 Å². The van der Waals surface area contributed by atoms with Crippen LogP contribution in [0.5, 0.6) is 0 Å². The normalized spacial score (nSPS) is 31.4. The number of hydrogen-bond acceptors (Lipinski definition) is 4. The van der Waals surface area contributed by atoms with Gasteiger partial charge in [-0.1, -0.05) is 6.07 Å². The second-order valence-electron chi connectivity index (χ2n) is 5.45. The Hall–Kier alpha value is -0.970. The van der Waals surface area contributed by atoms with Crippen LogP contribution in [0.25, 0.3) is 0 Å². The van der Waals surface area contributed by atoms with Crippen molar-refractivity contribution in [2.45, 2.75) is 36.9 Å². The van der Waals surface area contributed by atoms with Gasteiger partial charge in [-0.25, -0.2) is 0 Å². The van der Waals surface area contributed by atoms with Gasteiger partial charge in [-0.15, -0.1) is 0 Å². The molecule has 0 saturated carbocycles. The maximum Gasteiger partial charge on any atom is 0.111 e. The van der Waals surface area contributed by atoms with Gasteiger partial charge in [-0.3, -0.25) is 4.98 Å². The smallest absolute Gasteiger partial charge is 0.111 e. The van der Waals surface area contributed by atoms with E-state index in [1.165, 1.54) is 0 Å². The molecule has 0 bridgehead atoms. The third-order valence-electron chi connectivity index (χ3n) is 4.19. The molecule has 3 heterocycles. The van der Waals surface area contributed by atoms with Crippen LogP contribution in [0.2, 0.25) is 0 Å². The Morgan fingerprint density at radius 3 is 2.78 bits per heavy atom. The molecule has 2 saturated heterocycles. The van der Waals surface area contributed by atoms with Crippen molar-refractivity contribution in [2.24, 2.45) is 0 Å². The number of piperidine rings is 1. The highest BCUT2D eigenvalue weighted by Gasteiger charge is 2.46. The van der Waals surface area contributed by atoms with E-state index in [2.05, 4.69) is 10.3 Å². The zero-order valence-corrected chi connectivity index (χ0v) is 10.6. The lowest BCUT2D eigenvalue weighted by Crippen LogP contribution is -2.52. The average Bonchev–Trinajstić information content (AvgIpc) is 2.40. The number of nitrogens with one attached hydrogen (secondary N) is 1. The van der Waals surface area contributed by atoms with Gasteiger partial charge in [0.15, 0.2) is 0 Å². The van der Waals surface area contributed by atoms with Gasteiger partial charge in [0.05, 0.1) is 17.9 Å². The van der Waals surface area contributed by atoms with E-state index in [1.54, 1.807) is 6.20 Å². The van der Waals surface area contributed by atoms with E-state index < -0.39 is 5.60 Å². The molecule has 1 unspecified atom stereocenters. The number of aromatic nitrogens is 1. The van der Waals surface area contributed by atoms with Gasteiger partial charge in [0.2, 0.25) is 0 Å². The van der Waals surface area contributed by atoms with E-state index in [1.807, 2.05) is 18.2 Å². The molecule has 98 valence electrons. The Bertz CT molecular complexity index is 398. The molecule has 0 radical (unpaired) electrons. The minimum absolute atomic E-state index is 0.157. The Labute approximate surface area is 107 Å². The summed E-state index contributed by atoms with van der Waals surface area (Å²) in [5.41, 5.74) is -0.196.